The molecule has 0 fully saturated rings. The molecule has 6 heteroatoms. The van der Waals surface area contributed by atoms with Crippen LogP contribution in [0.5, 0.6) is 0 Å². The molecule has 0 saturated carbocycles. The van der Waals surface area contributed by atoms with Crippen molar-refractivity contribution in [3.8, 4) is 0 Å². The summed E-state index contributed by atoms with van der Waals surface area (Å²) < 4.78 is 17.9. The number of carbonyl (C=O) groups excluding carboxylic acids is 1. The molecular formula is C25H33NO4Si. The molecule has 2 N–H and O–H groups in total. The lowest BCUT2D eigenvalue weighted by Gasteiger charge is -2.44. The fraction of sp³-hybridized carbons (Fsp3) is 0.400. The molecule has 1 aliphatic heterocycles. The van der Waals surface area contributed by atoms with Gasteiger partial charge in [-0.25, -0.2) is 0 Å². The molecule has 2 aromatic carbocycles. The molecule has 0 spiro atoms. The number of hydrogen-bond donors (Lipinski definition) is 1. The number of benzene rings is 2. The van der Waals surface area contributed by atoms with E-state index < -0.39 is 8.32 Å². The number of methoxy groups -OCH3 is 1. The van der Waals surface area contributed by atoms with E-state index in [4.69, 9.17) is 19.6 Å². The zero-order chi connectivity index (χ0) is 22.5. The summed E-state index contributed by atoms with van der Waals surface area (Å²) in [6, 6.07) is 20.6. The van der Waals surface area contributed by atoms with Gasteiger partial charge in [0.2, 0.25) is 0 Å². The lowest BCUT2D eigenvalue weighted by atomic mass is 10.1. The summed E-state index contributed by atoms with van der Waals surface area (Å²) >= 11 is 0. The third-order valence-corrected chi connectivity index (χ3v) is 10.8. The van der Waals surface area contributed by atoms with E-state index in [0.717, 1.165) is 0 Å². The Balaban J connectivity index is 1.93. The van der Waals surface area contributed by atoms with Crippen LogP contribution < -0.4 is 16.1 Å². The van der Waals surface area contributed by atoms with Crippen LogP contribution in [0.2, 0.25) is 5.04 Å². The zero-order valence-electron chi connectivity index (χ0n) is 18.8. The Morgan fingerprint density at radius 1 is 1.00 bits per heavy atom. The van der Waals surface area contributed by atoms with Crippen LogP contribution in [-0.2, 0) is 18.7 Å². The highest BCUT2D eigenvalue weighted by Crippen LogP contribution is 2.37. The van der Waals surface area contributed by atoms with Crippen molar-refractivity contribution >= 4 is 24.7 Å². The van der Waals surface area contributed by atoms with Gasteiger partial charge in [-0.2, -0.15) is 0 Å². The SMILES string of the molecule is COC(=O)C[C@@H]1C=C[C@@H](N)[C@H](CO[Si](c2ccccc2)(c2ccccc2)C(C)(C)C)O1. The summed E-state index contributed by atoms with van der Waals surface area (Å²) in [5.74, 6) is -0.309. The minimum Gasteiger partial charge on any atom is -0.469 e. The summed E-state index contributed by atoms with van der Waals surface area (Å²) in [5.41, 5.74) is 6.33. The first-order valence-electron chi connectivity index (χ1n) is 10.7. The standard InChI is InChI=1S/C25H33NO4Si/c1-25(2,3)31(20-11-7-5-8-12-20,21-13-9-6-10-14-21)29-18-23-22(26)16-15-19(30-23)17-24(27)28-4/h5-16,19,22-23H,17-18,26H2,1-4H3/t19-,22+,23-/m0/s1. The Labute approximate surface area is 186 Å². The van der Waals surface area contributed by atoms with Crippen molar-refractivity contribution < 1.29 is 18.7 Å². The molecule has 0 amide bonds. The van der Waals surface area contributed by atoms with E-state index >= 15 is 0 Å². The van der Waals surface area contributed by atoms with Crippen LogP contribution in [-0.4, -0.2) is 46.3 Å². The maximum atomic E-state index is 11.7. The molecule has 0 bridgehead atoms. The maximum Gasteiger partial charge on any atom is 0.308 e. The number of rotatable bonds is 7. The Morgan fingerprint density at radius 3 is 2.03 bits per heavy atom. The first-order chi connectivity index (χ1) is 14.8. The smallest absolute Gasteiger partial charge is 0.308 e. The second-order valence-electron chi connectivity index (χ2n) is 8.93. The summed E-state index contributed by atoms with van der Waals surface area (Å²) in [4.78, 5) is 11.7. The minimum absolute atomic E-state index is 0.129. The molecular weight excluding hydrogens is 406 g/mol. The molecule has 0 saturated heterocycles. The van der Waals surface area contributed by atoms with Gasteiger partial charge in [-0.05, 0) is 15.4 Å². The number of ether oxygens (including phenoxy) is 2. The first kappa shape index (κ1) is 23.4. The molecule has 0 aliphatic carbocycles. The van der Waals surface area contributed by atoms with Gasteiger partial charge in [0.05, 0.1) is 38.4 Å². The topological polar surface area (TPSA) is 70.8 Å². The molecule has 0 aromatic heterocycles. The van der Waals surface area contributed by atoms with Crippen LogP contribution in [0.1, 0.15) is 27.2 Å². The van der Waals surface area contributed by atoms with Crippen LogP contribution in [0.25, 0.3) is 0 Å². The van der Waals surface area contributed by atoms with E-state index in [9.17, 15) is 4.79 Å². The van der Waals surface area contributed by atoms with E-state index in [2.05, 4.69) is 69.3 Å². The molecule has 1 heterocycles. The van der Waals surface area contributed by atoms with Gasteiger partial charge in [-0.1, -0.05) is 93.6 Å². The summed E-state index contributed by atoms with van der Waals surface area (Å²) in [7, 11) is -1.30. The third kappa shape index (κ3) is 5.15. The lowest BCUT2D eigenvalue weighted by Crippen LogP contribution is -2.67. The van der Waals surface area contributed by atoms with Crippen LogP contribution in [0, 0.1) is 0 Å². The predicted octanol–water partition coefficient (Wildman–Crippen LogP) is 2.78. The average Bonchev–Trinajstić information content (AvgIpc) is 2.76. The maximum absolute atomic E-state index is 11.7. The van der Waals surface area contributed by atoms with Crippen LogP contribution in [0.3, 0.4) is 0 Å². The van der Waals surface area contributed by atoms with Gasteiger partial charge in [0.15, 0.2) is 0 Å². The van der Waals surface area contributed by atoms with Gasteiger partial charge in [0, 0.05) is 0 Å². The van der Waals surface area contributed by atoms with Gasteiger partial charge < -0.3 is 19.6 Å². The van der Waals surface area contributed by atoms with E-state index in [1.54, 1.807) is 0 Å². The van der Waals surface area contributed by atoms with E-state index in [1.165, 1.54) is 17.5 Å². The predicted molar refractivity (Wildman–Crippen MR) is 126 cm³/mol. The molecule has 2 aromatic rings. The van der Waals surface area contributed by atoms with Crippen molar-refractivity contribution in [2.75, 3.05) is 13.7 Å². The Kier molecular flexibility index (Phi) is 7.49. The minimum atomic E-state index is -2.68. The highest BCUT2D eigenvalue weighted by atomic mass is 28.4. The third-order valence-electron chi connectivity index (χ3n) is 5.80. The van der Waals surface area contributed by atoms with Gasteiger partial charge in [-0.15, -0.1) is 0 Å². The van der Waals surface area contributed by atoms with Crippen molar-refractivity contribution in [3.63, 3.8) is 0 Å². The van der Waals surface area contributed by atoms with Crippen LogP contribution in [0.4, 0.5) is 0 Å². The number of hydrogen-bond acceptors (Lipinski definition) is 5. The average molecular weight is 440 g/mol. The molecule has 0 radical (unpaired) electrons. The number of carbonyl (C=O) groups is 1. The first-order valence-corrected chi connectivity index (χ1v) is 12.6. The fourth-order valence-electron chi connectivity index (χ4n) is 4.22. The van der Waals surface area contributed by atoms with E-state index in [-0.39, 0.29) is 35.7 Å². The van der Waals surface area contributed by atoms with Crippen molar-refractivity contribution in [3.05, 3.63) is 72.8 Å². The number of esters is 1. The normalized spacial score (nSPS) is 21.6. The molecule has 3 rings (SSSR count). The van der Waals surface area contributed by atoms with Crippen LogP contribution in [0.15, 0.2) is 72.8 Å². The van der Waals surface area contributed by atoms with Crippen LogP contribution >= 0.6 is 0 Å². The number of nitrogens with two attached hydrogens (primary N) is 1. The Hall–Kier alpha value is -2.25. The molecule has 31 heavy (non-hydrogen) atoms. The molecule has 1 aliphatic rings. The van der Waals surface area contributed by atoms with Crippen molar-refractivity contribution in [2.24, 2.45) is 5.73 Å². The van der Waals surface area contributed by atoms with Crippen molar-refractivity contribution in [1.82, 2.24) is 0 Å². The quantitative estimate of drug-likeness (QED) is 0.408. The summed E-state index contributed by atoms with van der Waals surface area (Å²) in [5, 5.41) is 2.29. The second kappa shape index (κ2) is 9.91. The molecule has 3 atom stereocenters. The lowest BCUT2D eigenvalue weighted by molar-refractivity contribution is -0.144. The summed E-state index contributed by atoms with van der Waals surface area (Å²) in [6.45, 7) is 7.05. The summed E-state index contributed by atoms with van der Waals surface area (Å²) in [6.07, 6.45) is 3.19. The Bertz CT molecular complexity index is 840. The van der Waals surface area contributed by atoms with Gasteiger partial charge in [0.25, 0.3) is 8.32 Å². The largest absolute Gasteiger partial charge is 0.469 e. The van der Waals surface area contributed by atoms with E-state index in [1.807, 2.05) is 24.3 Å². The van der Waals surface area contributed by atoms with Gasteiger partial charge in [0.1, 0.15) is 0 Å². The molecule has 0 unspecified atom stereocenters. The van der Waals surface area contributed by atoms with Crippen molar-refractivity contribution in [2.45, 2.75) is 50.5 Å². The van der Waals surface area contributed by atoms with E-state index in [0.29, 0.717) is 6.61 Å². The van der Waals surface area contributed by atoms with Crippen molar-refractivity contribution in [1.29, 1.82) is 0 Å². The van der Waals surface area contributed by atoms with Gasteiger partial charge >= 0.3 is 5.97 Å². The van der Waals surface area contributed by atoms with Gasteiger partial charge in [-0.3, -0.25) is 4.79 Å². The monoisotopic (exact) mass is 439 g/mol. The zero-order valence-corrected chi connectivity index (χ0v) is 19.8. The fourth-order valence-corrected chi connectivity index (χ4v) is 8.79. The highest BCUT2D eigenvalue weighted by Gasteiger charge is 2.50. The molecule has 166 valence electrons. The highest BCUT2D eigenvalue weighted by molar-refractivity contribution is 6.99. The Morgan fingerprint density at radius 2 is 1.55 bits per heavy atom. The molecule has 5 nitrogen and oxygen atoms in total. The second-order valence-corrected chi connectivity index (χ2v) is 13.2.